The lowest BCUT2D eigenvalue weighted by atomic mass is 9.95. The van der Waals surface area contributed by atoms with Gasteiger partial charge >= 0.3 is 0 Å². The molecule has 112 valence electrons. The molecule has 2 aliphatic rings. The van der Waals surface area contributed by atoms with Crippen LogP contribution in [0.1, 0.15) is 24.4 Å². The molecule has 0 aromatic heterocycles. The monoisotopic (exact) mass is 308 g/mol. The minimum absolute atomic E-state index is 0.0671. The molecule has 0 radical (unpaired) electrons. The molecule has 1 atom stereocenters. The van der Waals surface area contributed by atoms with Crippen molar-refractivity contribution in [3.05, 3.63) is 22.7 Å². The number of halogens is 1. The van der Waals surface area contributed by atoms with Crippen LogP contribution >= 0.6 is 11.6 Å². The number of rotatable bonds is 2. The topological polar surface area (TPSA) is 101 Å². The molecule has 0 aliphatic carbocycles. The highest BCUT2D eigenvalue weighted by molar-refractivity contribution is 6.33. The van der Waals surface area contributed by atoms with Crippen LogP contribution in [0, 0.1) is 5.92 Å². The maximum Gasteiger partial charge on any atom is 0.245 e. The number of anilines is 2. The Morgan fingerprint density at radius 3 is 2.62 bits per heavy atom. The lowest BCUT2D eigenvalue weighted by Crippen LogP contribution is -2.38. The summed E-state index contributed by atoms with van der Waals surface area (Å²) < 4.78 is 0. The molecule has 2 heterocycles. The Hall–Kier alpha value is -1.79. The third-order valence-electron chi connectivity index (χ3n) is 4.23. The van der Waals surface area contributed by atoms with Crippen molar-refractivity contribution >= 4 is 34.8 Å². The minimum Gasteiger partial charge on any atom is -0.370 e. The highest BCUT2D eigenvalue weighted by atomic mass is 35.5. The molecular weight excluding hydrogens is 292 g/mol. The van der Waals surface area contributed by atoms with Gasteiger partial charge in [0.25, 0.3) is 0 Å². The molecule has 1 saturated heterocycles. The molecular formula is C14H17ClN4O2. The van der Waals surface area contributed by atoms with E-state index in [2.05, 4.69) is 10.2 Å². The van der Waals surface area contributed by atoms with Crippen molar-refractivity contribution in [2.45, 2.75) is 18.9 Å². The summed E-state index contributed by atoms with van der Waals surface area (Å²) in [6.07, 6.45) is 1.43. The molecule has 1 aromatic rings. The first-order valence-electron chi connectivity index (χ1n) is 6.91. The molecule has 7 heteroatoms. The first kappa shape index (κ1) is 14.2. The van der Waals surface area contributed by atoms with Crippen LogP contribution in [0.5, 0.6) is 0 Å². The van der Waals surface area contributed by atoms with Gasteiger partial charge in [-0.1, -0.05) is 11.6 Å². The van der Waals surface area contributed by atoms with Crippen molar-refractivity contribution in [3.8, 4) is 0 Å². The molecule has 5 N–H and O–H groups in total. The van der Waals surface area contributed by atoms with Gasteiger partial charge in [0.05, 0.1) is 10.7 Å². The largest absolute Gasteiger partial charge is 0.370 e. The van der Waals surface area contributed by atoms with Gasteiger partial charge in [-0.3, -0.25) is 9.59 Å². The van der Waals surface area contributed by atoms with Gasteiger partial charge in [-0.2, -0.15) is 0 Å². The van der Waals surface area contributed by atoms with Crippen LogP contribution in [0.25, 0.3) is 0 Å². The summed E-state index contributed by atoms with van der Waals surface area (Å²) in [6.45, 7) is 1.43. The van der Waals surface area contributed by atoms with E-state index in [0.29, 0.717) is 36.6 Å². The maximum absolute atomic E-state index is 11.6. The summed E-state index contributed by atoms with van der Waals surface area (Å²) in [4.78, 5) is 24.9. The Labute approximate surface area is 127 Å². The van der Waals surface area contributed by atoms with E-state index in [1.165, 1.54) is 0 Å². The number of carbonyl (C=O) groups is 2. The molecule has 2 aliphatic heterocycles. The second-order valence-electron chi connectivity index (χ2n) is 5.52. The summed E-state index contributed by atoms with van der Waals surface area (Å²) in [6, 6.07) is 2.94. The molecule has 1 fully saturated rings. The summed E-state index contributed by atoms with van der Waals surface area (Å²) in [7, 11) is 0. The Kier molecular flexibility index (Phi) is 3.51. The molecule has 3 rings (SSSR count). The third-order valence-corrected chi connectivity index (χ3v) is 4.54. The van der Waals surface area contributed by atoms with Gasteiger partial charge in [-0.05, 0) is 25.0 Å². The van der Waals surface area contributed by atoms with Crippen LogP contribution in [0.15, 0.2) is 12.1 Å². The minimum atomic E-state index is -0.660. The number of hydrogen-bond donors (Lipinski definition) is 3. The normalized spacial score (nSPS) is 22.1. The lowest BCUT2D eigenvalue weighted by Gasteiger charge is -2.33. The zero-order chi connectivity index (χ0) is 15.1. The van der Waals surface area contributed by atoms with Gasteiger partial charge in [0.15, 0.2) is 0 Å². The molecule has 6 nitrogen and oxygen atoms in total. The van der Waals surface area contributed by atoms with E-state index in [4.69, 9.17) is 23.1 Å². The maximum atomic E-state index is 11.6. The van der Waals surface area contributed by atoms with Gasteiger partial charge in [-0.15, -0.1) is 0 Å². The summed E-state index contributed by atoms with van der Waals surface area (Å²) >= 11 is 6.33. The van der Waals surface area contributed by atoms with Gasteiger partial charge in [-0.25, -0.2) is 0 Å². The SMILES string of the molecule is NC(=O)C1CCN(c2cc3c(cc2Cl)C(N)C(=O)N3)CC1. The fourth-order valence-corrected chi connectivity index (χ4v) is 3.23. The Bertz CT molecular complexity index is 611. The highest BCUT2D eigenvalue weighted by Crippen LogP contribution is 2.39. The molecule has 21 heavy (non-hydrogen) atoms. The van der Waals surface area contributed by atoms with Crippen LogP contribution in [0.2, 0.25) is 5.02 Å². The number of hydrogen-bond acceptors (Lipinski definition) is 4. The smallest absolute Gasteiger partial charge is 0.245 e. The molecule has 0 saturated carbocycles. The van der Waals surface area contributed by atoms with Crippen molar-refractivity contribution in [3.63, 3.8) is 0 Å². The number of fused-ring (bicyclic) bond motifs is 1. The summed E-state index contributed by atoms with van der Waals surface area (Å²) in [5.41, 5.74) is 13.4. The van der Waals surface area contributed by atoms with Crippen molar-refractivity contribution in [1.29, 1.82) is 0 Å². The van der Waals surface area contributed by atoms with Crippen molar-refractivity contribution < 1.29 is 9.59 Å². The average Bonchev–Trinajstić information content (AvgIpc) is 2.73. The average molecular weight is 309 g/mol. The van der Waals surface area contributed by atoms with E-state index in [9.17, 15) is 9.59 Å². The zero-order valence-electron chi connectivity index (χ0n) is 11.4. The number of nitrogens with one attached hydrogen (secondary N) is 1. The summed E-state index contributed by atoms with van der Waals surface area (Å²) in [5.74, 6) is -0.527. The fraction of sp³-hybridized carbons (Fsp3) is 0.429. The molecule has 2 amide bonds. The number of benzene rings is 1. The third kappa shape index (κ3) is 2.45. The highest BCUT2D eigenvalue weighted by Gasteiger charge is 2.30. The number of amides is 2. The van der Waals surface area contributed by atoms with Crippen molar-refractivity contribution in [2.75, 3.05) is 23.3 Å². The number of nitrogens with zero attached hydrogens (tertiary/aromatic N) is 1. The fourth-order valence-electron chi connectivity index (χ4n) is 2.94. The second-order valence-corrected chi connectivity index (χ2v) is 5.93. The van der Waals surface area contributed by atoms with E-state index < -0.39 is 6.04 Å². The number of nitrogens with two attached hydrogens (primary N) is 2. The predicted molar refractivity (Wildman–Crippen MR) is 81.1 cm³/mol. The zero-order valence-corrected chi connectivity index (χ0v) is 12.2. The van der Waals surface area contributed by atoms with Crippen molar-refractivity contribution in [2.24, 2.45) is 17.4 Å². The molecule has 0 bridgehead atoms. The lowest BCUT2D eigenvalue weighted by molar-refractivity contribution is -0.122. The van der Waals surface area contributed by atoms with Crippen molar-refractivity contribution in [1.82, 2.24) is 0 Å². The van der Waals surface area contributed by atoms with Gasteiger partial charge < -0.3 is 21.7 Å². The molecule has 1 unspecified atom stereocenters. The number of piperidine rings is 1. The first-order valence-corrected chi connectivity index (χ1v) is 7.29. The first-order chi connectivity index (χ1) is 9.97. The predicted octanol–water partition coefficient (Wildman–Crippen LogP) is 0.994. The van der Waals surface area contributed by atoms with Crippen LogP contribution in [0.3, 0.4) is 0 Å². The summed E-state index contributed by atoms with van der Waals surface area (Å²) in [5, 5.41) is 3.33. The van der Waals surface area contributed by atoms with Crippen LogP contribution in [0.4, 0.5) is 11.4 Å². The molecule has 1 aromatic carbocycles. The molecule has 0 spiro atoms. The van der Waals surface area contributed by atoms with E-state index in [1.54, 1.807) is 6.07 Å². The van der Waals surface area contributed by atoms with Gasteiger partial charge in [0.2, 0.25) is 11.8 Å². The van der Waals surface area contributed by atoms with Crippen LogP contribution in [-0.4, -0.2) is 24.9 Å². The quantitative estimate of drug-likeness (QED) is 0.758. The van der Waals surface area contributed by atoms with E-state index in [1.807, 2.05) is 6.07 Å². The Morgan fingerprint density at radius 2 is 2.00 bits per heavy atom. The standard InChI is InChI=1S/C14H17ClN4O2/c15-9-5-8-10(18-14(21)12(8)16)6-11(9)19-3-1-7(2-4-19)13(17)20/h5-7,12H,1-4,16H2,(H2,17,20)(H,18,21). The van der Waals surface area contributed by atoms with E-state index in [-0.39, 0.29) is 17.7 Å². The van der Waals surface area contributed by atoms with Crippen LogP contribution < -0.4 is 21.7 Å². The van der Waals surface area contributed by atoms with Gasteiger partial charge in [0.1, 0.15) is 6.04 Å². The number of primary amides is 1. The van der Waals surface area contributed by atoms with Gasteiger partial charge in [0, 0.05) is 30.3 Å². The van der Waals surface area contributed by atoms with E-state index in [0.717, 1.165) is 11.3 Å². The Morgan fingerprint density at radius 1 is 1.33 bits per heavy atom. The number of carbonyl (C=O) groups excluding carboxylic acids is 2. The van der Waals surface area contributed by atoms with Crippen LogP contribution in [-0.2, 0) is 9.59 Å². The Balaban J connectivity index is 1.83. The second kappa shape index (κ2) is 5.20. The van der Waals surface area contributed by atoms with E-state index >= 15 is 0 Å².